The van der Waals surface area contributed by atoms with Gasteiger partial charge in [-0.2, -0.15) is 0 Å². The second kappa shape index (κ2) is 10.0. The SMILES string of the molecule is CCN1C(=O)N(CC2CC2)C(=O)C12CCN(CC1CN(C(=O)CC(C)(C)C)C[C@@H]1c1ccccc1)CC2. The number of likely N-dealkylation sites (N-methyl/N-ethyl adjacent to an activating group) is 1. The van der Waals surface area contributed by atoms with Crippen molar-refractivity contribution in [1.29, 1.82) is 0 Å². The van der Waals surface area contributed by atoms with Gasteiger partial charge in [-0.3, -0.25) is 14.5 Å². The van der Waals surface area contributed by atoms with E-state index < -0.39 is 5.54 Å². The summed E-state index contributed by atoms with van der Waals surface area (Å²) in [5.41, 5.74) is 0.611. The van der Waals surface area contributed by atoms with Crippen LogP contribution in [0.5, 0.6) is 0 Å². The van der Waals surface area contributed by atoms with Crippen molar-refractivity contribution >= 4 is 17.8 Å². The number of piperidine rings is 1. The predicted octanol–water partition coefficient (Wildman–Crippen LogP) is 4.19. The van der Waals surface area contributed by atoms with Gasteiger partial charge in [0.2, 0.25) is 5.91 Å². The molecule has 3 heterocycles. The van der Waals surface area contributed by atoms with Gasteiger partial charge in [-0.1, -0.05) is 51.1 Å². The monoisotopic (exact) mass is 508 g/mol. The largest absolute Gasteiger partial charge is 0.342 e. The van der Waals surface area contributed by atoms with Crippen molar-refractivity contribution in [3.8, 4) is 0 Å². The van der Waals surface area contributed by atoms with Crippen LogP contribution >= 0.6 is 0 Å². The number of carbonyl (C=O) groups is 3. The molecule has 0 aromatic heterocycles. The first-order chi connectivity index (χ1) is 17.6. The molecule has 0 bridgehead atoms. The van der Waals surface area contributed by atoms with Gasteiger partial charge in [-0.05, 0) is 55.4 Å². The van der Waals surface area contributed by atoms with Crippen LogP contribution in [0.2, 0.25) is 0 Å². The third-order valence-electron chi connectivity index (χ3n) is 8.95. The van der Waals surface area contributed by atoms with E-state index in [1.165, 1.54) is 5.56 Å². The number of rotatable bonds is 7. The maximum Gasteiger partial charge on any atom is 0.327 e. The molecule has 1 saturated carbocycles. The van der Waals surface area contributed by atoms with Crippen LogP contribution in [0, 0.1) is 17.3 Å². The second-order valence-electron chi connectivity index (χ2n) is 13.0. The highest BCUT2D eigenvalue weighted by Crippen LogP contribution is 2.41. The van der Waals surface area contributed by atoms with Crippen LogP contribution in [-0.2, 0) is 9.59 Å². The maximum atomic E-state index is 13.5. The summed E-state index contributed by atoms with van der Waals surface area (Å²) in [6.07, 6.45) is 4.21. The summed E-state index contributed by atoms with van der Waals surface area (Å²) in [7, 11) is 0. The van der Waals surface area contributed by atoms with Crippen molar-refractivity contribution in [2.75, 3.05) is 45.8 Å². The molecule has 1 aromatic carbocycles. The van der Waals surface area contributed by atoms with Crippen LogP contribution in [-0.4, -0.2) is 88.8 Å². The highest BCUT2D eigenvalue weighted by molar-refractivity contribution is 6.07. The van der Waals surface area contributed by atoms with Crippen molar-refractivity contribution in [2.45, 2.75) is 71.3 Å². The van der Waals surface area contributed by atoms with Crippen LogP contribution in [0.4, 0.5) is 4.79 Å². The van der Waals surface area contributed by atoms with E-state index in [-0.39, 0.29) is 23.3 Å². The Balaban J connectivity index is 1.27. The minimum Gasteiger partial charge on any atom is -0.342 e. The van der Waals surface area contributed by atoms with E-state index in [9.17, 15) is 14.4 Å². The molecule has 7 heteroatoms. The van der Waals surface area contributed by atoms with E-state index in [2.05, 4.69) is 54.8 Å². The van der Waals surface area contributed by atoms with Gasteiger partial charge in [0.1, 0.15) is 5.54 Å². The van der Waals surface area contributed by atoms with Crippen molar-refractivity contribution in [2.24, 2.45) is 17.3 Å². The van der Waals surface area contributed by atoms with Crippen molar-refractivity contribution in [1.82, 2.24) is 19.6 Å². The fourth-order valence-electron chi connectivity index (χ4n) is 6.76. The first-order valence-electron chi connectivity index (χ1n) is 14.3. The molecule has 7 nitrogen and oxygen atoms in total. The third kappa shape index (κ3) is 5.29. The summed E-state index contributed by atoms with van der Waals surface area (Å²) < 4.78 is 0. The van der Waals surface area contributed by atoms with Crippen molar-refractivity contribution in [3.05, 3.63) is 35.9 Å². The summed E-state index contributed by atoms with van der Waals surface area (Å²) in [5.74, 6) is 1.46. The van der Waals surface area contributed by atoms with Gasteiger partial charge in [-0.25, -0.2) is 4.79 Å². The van der Waals surface area contributed by atoms with Gasteiger partial charge >= 0.3 is 6.03 Å². The summed E-state index contributed by atoms with van der Waals surface area (Å²) in [6, 6.07) is 10.5. The van der Waals surface area contributed by atoms with E-state index >= 15 is 0 Å². The van der Waals surface area contributed by atoms with Crippen LogP contribution in [0.15, 0.2) is 30.3 Å². The standard InChI is InChI=1S/C30H44N4O3/c1-5-34-28(37)33(18-22-11-12-22)27(36)30(34)13-15-31(16-14-30)19-24-20-32(26(35)17-29(2,3)4)21-25(24)23-9-7-6-8-10-23/h6-10,22,24-25H,5,11-21H2,1-4H3/t24?,25-/m1/s1. The lowest BCUT2D eigenvalue weighted by Crippen LogP contribution is -2.57. The maximum absolute atomic E-state index is 13.5. The van der Waals surface area contributed by atoms with Crippen LogP contribution in [0.25, 0.3) is 0 Å². The van der Waals surface area contributed by atoms with Gasteiger partial charge < -0.3 is 14.7 Å². The zero-order valence-corrected chi connectivity index (χ0v) is 23.1. The predicted molar refractivity (Wildman–Crippen MR) is 144 cm³/mol. The minimum atomic E-state index is -0.666. The number of likely N-dealkylation sites (tertiary alicyclic amines) is 2. The molecule has 0 radical (unpaired) electrons. The van der Waals surface area contributed by atoms with Crippen LogP contribution in [0.1, 0.15) is 71.3 Å². The fourth-order valence-corrected chi connectivity index (χ4v) is 6.76. The quantitative estimate of drug-likeness (QED) is 0.518. The lowest BCUT2D eigenvalue weighted by molar-refractivity contribution is -0.136. The molecular weight excluding hydrogens is 464 g/mol. The van der Waals surface area contributed by atoms with E-state index in [1.54, 1.807) is 4.90 Å². The summed E-state index contributed by atoms with van der Waals surface area (Å²) >= 11 is 0. The Morgan fingerprint density at radius 3 is 2.27 bits per heavy atom. The number of hydrogen-bond donors (Lipinski definition) is 0. The Hall–Kier alpha value is -2.41. The molecule has 3 saturated heterocycles. The number of carbonyl (C=O) groups excluding carboxylic acids is 3. The first-order valence-corrected chi connectivity index (χ1v) is 14.3. The Morgan fingerprint density at radius 2 is 1.68 bits per heavy atom. The molecule has 1 aromatic rings. The topological polar surface area (TPSA) is 64.2 Å². The lowest BCUT2D eigenvalue weighted by Gasteiger charge is -2.42. The zero-order valence-electron chi connectivity index (χ0n) is 23.1. The van der Waals surface area contributed by atoms with Crippen LogP contribution in [0.3, 0.4) is 0 Å². The Kier molecular flexibility index (Phi) is 7.12. The molecule has 0 N–H and O–H groups in total. The molecular formula is C30H44N4O3. The number of amides is 4. The zero-order chi connectivity index (χ0) is 26.4. The highest BCUT2D eigenvalue weighted by Gasteiger charge is 2.58. The highest BCUT2D eigenvalue weighted by atomic mass is 16.2. The molecule has 4 aliphatic rings. The Bertz CT molecular complexity index is 1010. The summed E-state index contributed by atoms with van der Waals surface area (Å²) in [5, 5.41) is 0. The lowest BCUT2D eigenvalue weighted by atomic mass is 9.84. The molecule has 5 rings (SSSR count). The number of urea groups is 1. The molecule has 3 aliphatic heterocycles. The van der Waals surface area contributed by atoms with E-state index in [4.69, 9.17) is 0 Å². The average molecular weight is 509 g/mol. The normalized spacial score (nSPS) is 26.5. The van der Waals surface area contributed by atoms with Crippen LogP contribution < -0.4 is 0 Å². The second-order valence-corrected chi connectivity index (χ2v) is 13.0. The van der Waals surface area contributed by atoms with Gasteiger partial charge in [0.25, 0.3) is 5.91 Å². The molecule has 2 atom stereocenters. The van der Waals surface area contributed by atoms with E-state index in [1.807, 2.05) is 17.9 Å². The molecule has 1 unspecified atom stereocenters. The average Bonchev–Trinajstić information content (AvgIpc) is 3.55. The smallest absolute Gasteiger partial charge is 0.327 e. The van der Waals surface area contributed by atoms with Gasteiger partial charge in [-0.15, -0.1) is 0 Å². The number of benzene rings is 1. The van der Waals surface area contributed by atoms with Crippen molar-refractivity contribution < 1.29 is 14.4 Å². The van der Waals surface area contributed by atoms with Gasteiger partial charge in [0, 0.05) is 58.2 Å². The van der Waals surface area contributed by atoms with E-state index in [0.717, 1.165) is 45.6 Å². The third-order valence-corrected chi connectivity index (χ3v) is 8.95. The van der Waals surface area contributed by atoms with Gasteiger partial charge in [0.05, 0.1) is 0 Å². The molecule has 4 fully saturated rings. The van der Waals surface area contributed by atoms with E-state index in [0.29, 0.717) is 50.1 Å². The minimum absolute atomic E-state index is 0.0254. The number of hydrogen-bond acceptors (Lipinski definition) is 4. The number of imide groups is 1. The molecule has 37 heavy (non-hydrogen) atoms. The Labute approximate surface area is 222 Å². The first kappa shape index (κ1) is 26.2. The van der Waals surface area contributed by atoms with Gasteiger partial charge in [0.15, 0.2) is 0 Å². The van der Waals surface area contributed by atoms with Crippen molar-refractivity contribution in [3.63, 3.8) is 0 Å². The fraction of sp³-hybridized carbons (Fsp3) is 0.700. The summed E-state index contributed by atoms with van der Waals surface area (Å²) in [6.45, 7) is 13.6. The molecule has 1 spiro atoms. The summed E-state index contributed by atoms with van der Waals surface area (Å²) in [4.78, 5) is 47.7. The molecule has 1 aliphatic carbocycles. The molecule has 202 valence electrons. The Morgan fingerprint density at radius 1 is 1.00 bits per heavy atom. The number of nitrogens with zero attached hydrogens (tertiary/aromatic N) is 4. The molecule has 4 amide bonds.